The summed E-state index contributed by atoms with van der Waals surface area (Å²) in [5.41, 5.74) is 0.161. The number of amides is 1. The Kier molecular flexibility index (Phi) is 4.25. The van der Waals surface area contributed by atoms with Gasteiger partial charge in [0.2, 0.25) is 0 Å². The van der Waals surface area contributed by atoms with Crippen molar-refractivity contribution in [1.29, 1.82) is 0 Å². The largest absolute Gasteiger partial charge is 0.505 e. The first-order valence-electron chi connectivity index (χ1n) is 5.11. The van der Waals surface area contributed by atoms with Crippen molar-refractivity contribution in [3.63, 3.8) is 0 Å². The number of rotatable bonds is 4. The molecule has 0 unspecified atom stereocenters. The molecule has 0 saturated heterocycles. The molecule has 1 amide bonds. The molecule has 0 aliphatic heterocycles. The maximum absolute atomic E-state index is 11.7. The maximum Gasteiger partial charge on any atom is 0.255 e. The standard InChI is InChI=1S/C11H16N2O3/c1-7(2)9(6-14)13-11(16)8-3-4-12-5-10(8)15/h3-5,7,9,14-15H,6H2,1-2H3,(H,13,16)/t9-/m1/s1. The topological polar surface area (TPSA) is 82.5 Å². The Morgan fingerprint density at radius 2 is 2.25 bits per heavy atom. The third-order valence-electron chi connectivity index (χ3n) is 2.36. The predicted molar refractivity (Wildman–Crippen MR) is 59.1 cm³/mol. The monoisotopic (exact) mass is 224 g/mol. The number of aliphatic hydroxyl groups excluding tert-OH is 1. The number of hydrogen-bond donors (Lipinski definition) is 3. The molecule has 1 heterocycles. The highest BCUT2D eigenvalue weighted by atomic mass is 16.3. The molecule has 0 bridgehead atoms. The van der Waals surface area contributed by atoms with E-state index in [0.717, 1.165) is 0 Å². The molecule has 1 atom stereocenters. The van der Waals surface area contributed by atoms with E-state index in [9.17, 15) is 9.90 Å². The quantitative estimate of drug-likeness (QED) is 0.697. The van der Waals surface area contributed by atoms with Gasteiger partial charge in [-0.2, -0.15) is 0 Å². The highest BCUT2D eigenvalue weighted by Gasteiger charge is 2.17. The average Bonchev–Trinajstić information content (AvgIpc) is 2.25. The molecule has 3 N–H and O–H groups in total. The van der Waals surface area contributed by atoms with Crippen molar-refractivity contribution in [3.8, 4) is 5.75 Å². The van der Waals surface area contributed by atoms with Crippen LogP contribution in [0.1, 0.15) is 24.2 Å². The molecule has 1 aromatic heterocycles. The lowest BCUT2D eigenvalue weighted by atomic mass is 10.0. The Labute approximate surface area is 94.1 Å². The van der Waals surface area contributed by atoms with Crippen molar-refractivity contribution in [1.82, 2.24) is 10.3 Å². The van der Waals surface area contributed by atoms with Gasteiger partial charge >= 0.3 is 0 Å². The van der Waals surface area contributed by atoms with Gasteiger partial charge in [0.1, 0.15) is 5.75 Å². The summed E-state index contributed by atoms with van der Waals surface area (Å²) < 4.78 is 0. The summed E-state index contributed by atoms with van der Waals surface area (Å²) >= 11 is 0. The van der Waals surface area contributed by atoms with E-state index >= 15 is 0 Å². The third kappa shape index (κ3) is 2.93. The minimum Gasteiger partial charge on any atom is -0.505 e. The molecule has 0 spiro atoms. The summed E-state index contributed by atoms with van der Waals surface area (Å²) in [5.74, 6) is -0.453. The molecule has 0 saturated carbocycles. The van der Waals surface area contributed by atoms with Crippen LogP contribution in [0, 0.1) is 5.92 Å². The summed E-state index contributed by atoms with van der Waals surface area (Å²) in [5, 5.41) is 21.1. The lowest BCUT2D eigenvalue weighted by Crippen LogP contribution is -2.41. The fourth-order valence-electron chi connectivity index (χ4n) is 1.25. The summed E-state index contributed by atoms with van der Waals surface area (Å²) in [4.78, 5) is 15.4. The van der Waals surface area contributed by atoms with Gasteiger partial charge in [0, 0.05) is 6.20 Å². The van der Waals surface area contributed by atoms with Gasteiger partial charge in [-0.15, -0.1) is 0 Å². The second kappa shape index (κ2) is 5.46. The van der Waals surface area contributed by atoms with Gasteiger partial charge in [-0.05, 0) is 12.0 Å². The fourth-order valence-corrected chi connectivity index (χ4v) is 1.25. The number of hydrogen-bond acceptors (Lipinski definition) is 4. The smallest absolute Gasteiger partial charge is 0.255 e. The normalized spacial score (nSPS) is 12.5. The van der Waals surface area contributed by atoms with Gasteiger partial charge in [0.15, 0.2) is 0 Å². The lowest BCUT2D eigenvalue weighted by molar-refractivity contribution is 0.0894. The summed E-state index contributed by atoms with van der Waals surface area (Å²) in [7, 11) is 0. The van der Waals surface area contributed by atoms with E-state index in [4.69, 9.17) is 5.11 Å². The molecule has 5 nitrogen and oxygen atoms in total. The second-order valence-corrected chi connectivity index (χ2v) is 3.90. The minimum atomic E-state index is -0.410. The molecule has 0 aromatic carbocycles. The molecular weight excluding hydrogens is 208 g/mol. The van der Waals surface area contributed by atoms with Gasteiger partial charge in [-0.1, -0.05) is 13.8 Å². The van der Waals surface area contributed by atoms with Crippen LogP contribution in [0.3, 0.4) is 0 Å². The molecule has 1 aromatic rings. The van der Waals surface area contributed by atoms with E-state index in [0.29, 0.717) is 0 Å². The van der Waals surface area contributed by atoms with E-state index in [2.05, 4.69) is 10.3 Å². The Bertz CT molecular complexity index is 366. The second-order valence-electron chi connectivity index (χ2n) is 3.90. The molecule has 0 aliphatic rings. The zero-order valence-electron chi connectivity index (χ0n) is 9.34. The van der Waals surface area contributed by atoms with Crippen LogP contribution in [-0.2, 0) is 0 Å². The maximum atomic E-state index is 11.7. The average molecular weight is 224 g/mol. The number of nitrogens with one attached hydrogen (secondary N) is 1. The molecule has 88 valence electrons. The van der Waals surface area contributed by atoms with E-state index in [1.54, 1.807) is 0 Å². The summed E-state index contributed by atoms with van der Waals surface area (Å²) in [6.07, 6.45) is 2.64. The first-order chi connectivity index (χ1) is 7.56. The van der Waals surface area contributed by atoms with Crippen molar-refractivity contribution >= 4 is 5.91 Å². The van der Waals surface area contributed by atoms with Gasteiger partial charge in [-0.25, -0.2) is 0 Å². The SMILES string of the molecule is CC(C)[C@@H](CO)NC(=O)c1ccncc1O. The van der Waals surface area contributed by atoms with Crippen LogP contribution in [0.15, 0.2) is 18.5 Å². The van der Waals surface area contributed by atoms with Gasteiger partial charge < -0.3 is 15.5 Å². The molecule has 1 rings (SSSR count). The zero-order chi connectivity index (χ0) is 12.1. The Hall–Kier alpha value is -1.62. The third-order valence-corrected chi connectivity index (χ3v) is 2.36. The van der Waals surface area contributed by atoms with Gasteiger partial charge in [0.25, 0.3) is 5.91 Å². The van der Waals surface area contributed by atoms with Crippen molar-refractivity contribution in [2.75, 3.05) is 6.61 Å². The van der Waals surface area contributed by atoms with Crippen LogP contribution in [0.5, 0.6) is 5.75 Å². The highest BCUT2D eigenvalue weighted by Crippen LogP contribution is 2.14. The zero-order valence-corrected chi connectivity index (χ0v) is 9.34. The first-order valence-corrected chi connectivity index (χ1v) is 5.11. The molecule has 0 aliphatic carbocycles. The van der Waals surface area contributed by atoms with Crippen LogP contribution in [0.2, 0.25) is 0 Å². The van der Waals surface area contributed by atoms with Gasteiger partial charge in [-0.3, -0.25) is 9.78 Å². The Balaban J connectivity index is 2.76. The first kappa shape index (κ1) is 12.4. The number of aromatic nitrogens is 1. The fraction of sp³-hybridized carbons (Fsp3) is 0.455. The number of carbonyl (C=O) groups excluding carboxylic acids is 1. The van der Waals surface area contributed by atoms with Crippen LogP contribution >= 0.6 is 0 Å². The van der Waals surface area contributed by atoms with E-state index < -0.39 is 5.91 Å². The Morgan fingerprint density at radius 1 is 1.56 bits per heavy atom. The van der Waals surface area contributed by atoms with Gasteiger partial charge in [0.05, 0.1) is 24.4 Å². The molecule has 5 heteroatoms. The van der Waals surface area contributed by atoms with Crippen LogP contribution in [-0.4, -0.2) is 33.8 Å². The van der Waals surface area contributed by atoms with Crippen molar-refractivity contribution < 1.29 is 15.0 Å². The number of pyridine rings is 1. The molecule has 0 radical (unpaired) electrons. The minimum absolute atomic E-state index is 0.123. The number of aromatic hydroxyl groups is 1. The van der Waals surface area contributed by atoms with Crippen LogP contribution in [0.4, 0.5) is 0 Å². The van der Waals surface area contributed by atoms with Crippen LogP contribution in [0.25, 0.3) is 0 Å². The highest BCUT2D eigenvalue weighted by molar-refractivity contribution is 5.96. The summed E-state index contributed by atoms with van der Waals surface area (Å²) in [6, 6.07) is 1.11. The summed E-state index contributed by atoms with van der Waals surface area (Å²) in [6.45, 7) is 3.66. The van der Waals surface area contributed by atoms with Crippen molar-refractivity contribution in [3.05, 3.63) is 24.0 Å². The number of aliphatic hydroxyl groups is 1. The molecular formula is C11H16N2O3. The number of carbonyl (C=O) groups is 1. The van der Waals surface area contributed by atoms with E-state index in [1.807, 2.05) is 13.8 Å². The molecule has 16 heavy (non-hydrogen) atoms. The van der Waals surface area contributed by atoms with Crippen molar-refractivity contribution in [2.45, 2.75) is 19.9 Å². The molecule has 0 fully saturated rings. The van der Waals surface area contributed by atoms with Crippen LogP contribution < -0.4 is 5.32 Å². The predicted octanol–water partition coefficient (Wildman–Crippen LogP) is 0.534. The van der Waals surface area contributed by atoms with Crippen molar-refractivity contribution in [2.24, 2.45) is 5.92 Å². The lowest BCUT2D eigenvalue weighted by Gasteiger charge is -2.19. The number of nitrogens with zero attached hydrogens (tertiary/aromatic N) is 1. The Morgan fingerprint density at radius 3 is 2.75 bits per heavy atom. The van der Waals surface area contributed by atoms with E-state index in [1.165, 1.54) is 18.5 Å². The van der Waals surface area contributed by atoms with E-state index in [-0.39, 0.29) is 29.9 Å².